The first-order valence-corrected chi connectivity index (χ1v) is 12.8. The Labute approximate surface area is 220 Å². The van der Waals surface area contributed by atoms with Crippen LogP contribution in [0.4, 0.5) is 0 Å². The van der Waals surface area contributed by atoms with Crippen LogP contribution < -0.4 is 5.32 Å². The quantitative estimate of drug-likeness (QED) is 0.249. The largest absolute Gasteiger partial charge is 0.511 e. The van der Waals surface area contributed by atoms with Gasteiger partial charge in [0.1, 0.15) is 11.8 Å². The highest BCUT2D eigenvalue weighted by Crippen LogP contribution is 2.44. The van der Waals surface area contributed by atoms with Crippen molar-refractivity contribution in [3.05, 3.63) is 89.7 Å². The molecule has 1 fully saturated rings. The summed E-state index contributed by atoms with van der Waals surface area (Å²) in [6.07, 6.45) is 13.2. The topological polar surface area (TPSA) is 69.6 Å². The van der Waals surface area contributed by atoms with Crippen LogP contribution >= 0.6 is 11.6 Å². The number of carbonyl (C=O) groups is 2. The number of likely N-dealkylation sites (N-methyl/N-ethyl adjacent to an activating group) is 1. The van der Waals surface area contributed by atoms with Gasteiger partial charge in [0.2, 0.25) is 11.8 Å². The molecule has 0 spiro atoms. The number of allylic oxidation sites excluding steroid dienone is 7. The third kappa shape index (κ3) is 7.99. The van der Waals surface area contributed by atoms with Crippen LogP contribution in [-0.4, -0.2) is 41.5 Å². The third-order valence-electron chi connectivity index (χ3n) is 6.73. The van der Waals surface area contributed by atoms with Crippen LogP contribution in [0.15, 0.2) is 78.6 Å². The molecule has 6 heteroatoms. The van der Waals surface area contributed by atoms with Crippen LogP contribution in [-0.2, 0) is 16.0 Å². The molecule has 0 saturated heterocycles. The summed E-state index contributed by atoms with van der Waals surface area (Å²) in [5, 5.41) is 13.4. The van der Waals surface area contributed by atoms with Gasteiger partial charge in [0.15, 0.2) is 0 Å². The lowest BCUT2D eigenvalue weighted by molar-refractivity contribution is -0.138. The van der Waals surface area contributed by atoms with Gasteiger partial charge >= 0.3 is 0 Å². The predicted octanol–water partition coefficient (Wildman–Crippen LogP) is 6.48. The van der Waals surface area contributed by atoms with Crippen LogP contribution in [0.2, 0.25) is 0 Å². The lowest BCUT2D eigenvalue weighted by atomic mass is 9.81. The highest BCUT2D eigenvalue weighted by atomic mass is 35.5. The molecule has 5 nitrogen and oxygen atoms in total. The standard InChI is InChI=1S/C30H39ClN2O3/c1-6-9-12-24(7-2)25-15-13-23(14-16-25)19-27(28(35)33(5)21-26(34)8-3)32-29(36)30(20-22(4)31)17-10-11-18-30/h6-9,12-16,27,34H,1,4,10-11,17-21H2,2-3,5H3,(H,32,36)/b12-9-,24-7+,26-8-/t27-/m0/s1. The fourth-order valence-electron chi connectivity index (χ4n) is 4.69. The van der Waals surface area contributed by atoms with Crippen molar-refractivity contribution in [3.8, 4) is 0 Å². The van der Waals surface area contributed by atoms with Gasteiger partial charge in [0, 0.05) is 18.5 Å². The van der Waals surface area contributed by atoms with E-state index in [4.69, 9.17) is 11.6 Å². The zero-order valence-corrected chi connectivity index (χ0v) is 22.5. The Morgan fingerprint density at radius 1 is 1.19 bits per heavy atom. The summed E-state index contributed by atoms with van der Waals surface area (Å²) in [6.45, 7) is 11.3. The summed E-state index contributed by atoms with van der Waals surface area (Å²) in [5.41, 5.74) is 2.40. The average molecular weight is 511 g/mol. The van der Waals surface area contributed by atoms with Gasteiger partial charge in [-0.3, -0.25) is 9.59 Å². The predicted molar refractivity (Wildman–Crippen MR) is 150 cm³/mol. The summed E-state index contributed by atoms with van der Waals surface area (Å²) in [4.78, 5) is 28.4. The molecule has 0 unspecified atom stereocenters. The Morgan fingerprint density at radius 2 is 1.83 bits per heavy atom. The molecule has 1 aromatic carbocycles. The maximum atomic E-state index is 13.5. The molecule has 0 aromatic heterocycles. The van der Waals surface area contributed by atoms with Gasteiger partial charge in [-0.1, -0.05) is 86.2 Å². The number of benzene rings is 1. The van der Waals surface area contributed by atoms with Gasteiger partial charge < -0.3 is 15.3 Å². The van der Waals surface area contributed by atoms with Crippen LogP contribution in [0.25, 0.3) is 5.57 Å². The van der Waals surface area contributed by atoms with Crippen LogP contribution in [0.1, 0.15) is 57.1 Å². The molecular weight excluding hydrogens is 472 g/mol. The van der Waals surface area contributed by atoms with E-state index in [1.807, 2.05) is 49.4 Å². The van der Waals surface area contributed by atoms with E-state index < -0.39 is 11.5 Å². The molecule has 0 radical (unpaired) electrons. The smallest absolute Gasteiger partial charge is 0.245 e. The number of nitrogens with one attached hydrogen (secondary N) is 1. The highest BCUT2D eigenvalue weighted by molar-refractivity contribution is 6.29. The van der Waals surface area contributed by atoms with Gasteiger partial charge in [-0.25, -0.2) is 0 Å². The molecular formula is C30H39ClN2O3. The molecule has 0 heterocycles. The van der Waals surface area contributed by atoms with E-state index in [-0.39, 0.29) is 24.1 Å². The number of hydrogen-bond acceptors (Lipinski definition) is 3. The SMILES string of the molecule is C=C/C=C\C(=C/C)c1ccc(C[C@H](NC(=O)C2(CC(=C)Cl)CCCC2)C(=O)N(C)C/C(O)=C/C)cc1. The molecule has 2 amide bonds. The van der Waals surface area contributed by atoms with Gasteiger partial charge in [0.05, 0.1) is 12.0 Å². The lowest BCUT2D eigenvalue weighted by Gasteiger charge is -2.31. The van der Waals surface area contributed by atoms with Crippen LogP contribution in [0.5, 0.6) is 0 Å². The summed E-state index contributed by atoms with van der Waals surface area (Å²) >= 11 is 6.13. The van der Waals surface area contributed by atoms with E-state index in [2.05, 4.69) is 18.5 Å². The third-order valence-corrected chi connectivity index (χ3v) is 6.87. The van der Waals surface area contributed by atoms with Gasteiger partial charge in [-0.2, -0.15) is 0 Å². The van der Waals surface area contributed by atoms with Crippen molar-refractivity contribution in [3.63, 3.8) is 0 Å². The first-order chi connectivity index (χ1) is 17.2. The number of aliphatic hydroxyl groups excluding tert-OH is 1. The molecule has 1 aliphatic carbocycles. The molecule has 194 valence electrons. The number of rotatable bonds is 12. The average Bonchev–Trinajstić information content (AvgIpc) is 3.33. The van der Waals surface area contributed by atoms with Crippen molar-refractivity contribution in [2.45, 2.75) is 58.4 Å². The fourth-order valence-corrected chi connectivity index (χ4v) is 4.95. The van der Waals surface area contributed by atoms with Crippen molar-refractivity contribution >= 4 is 29.0 Å². The molecule has 2 N–H and O–H groups in total. The molecule has 1 aliphatic rings. The Bertz CT molecular complexity index is 1030. The summed E-state index contributed by atoms with van der Waals surface area (Å²) in [7, 11) is 1.63. The van der Waals surface area contributed by atoms with Gasteiger partial charge in [0.25, 0.3) is 0 Å². The van der Waals surface area contributed by atoms with E-state index in [9.17, 15) is 14.7 Å². The minimum Gasteiger partial charge on any atom is -0.511 e. The van der Waals surface area contributed by atoms with E-state index in [1.165, 1.54) is 4.90 Å². The Kier molecular flexibility index (Phi) is 11.3. The number of carbonyl (C=O) groups excluding carboxylic acids is 2. The normalized spacial score (nSPS) is 16.6. The lowest BCUT2D eigenvalue weighted by Crippen LogP contribution is -2.52. The summed E-state index contributed by atoms with van der Waals surface area (Å²) < 4.78 is 0. The minimum atomic E-state index is -0.777. The number of aliphatic hydroxyl groups is 1. The first-order valence-electron chi connectivity index (χ1n) is 12.4. The monoisotopic (exact) mass is 510 g/mol. The van der Waals surface area contributed by atoms with Crippen molar-refractivity contribution < 1.29 is 14.7 Å². The van der Waals surface area contributed by atoms with E-state index in [0.717, 1.165) is 42.4 Å². The summed E-state index contributed by atoms with van der Waals surface area (Å²) in [6, 6.07) is 7.19. The Hall–Kier alpha value is -3.05. The number of nitrogens with zero attached hydrogens (tertiary/aromatic N) is 1. The van der Waals surface area contributed by atoms with E-state index >= 15 is 0 Å². The zero-order valence-electron chi connectivity index (χ0n) is 21.7. The molecule has 1 saturated carbocycles. The number of halogens is 1. The maximum Gasteiger partial charge on any atom is 0.245 e. The van der Waals surface area contributed by atoms with E-state index in [1.54, 1.807) is 26.1 Å². The fraction of sp³-hybridized carbons (Fsp3) is 0.400. The first kappa shape index (κ1) is 29.2. The highest BCUT2D eigenvalue weighted by Gasteiger charge is 2.42. The van der Waals surface area contributed by atoms with Crippen LogP contribution in [0, 0.1) is 5.41 Å². The molecule has 1 aromatic rings. The number of hydrogen-bond donors (Lipinski definition) is 2. The van der Waals surface area contributed by atoms with Crippen molar-refractivity contribution in [1.82, 2.24) is 10.2 Å². The Balaban J connectivity index is 2.31. The zero-order chi connectivity index (χ0) is 26.7. The Morgan fingerprint density at radius 3 is 2.36 bits per heavy atom. The molecule has 0 bridgehead atoms. The molecule has 0 aliphatic heterocycles. The number of amides is 2. The van der Waals surface area contributed by atoms with Crippen molar-refractivity contribution in [1.29, 1.82) is 0 Å². The minimum absolute atomic E-state index is 0.0740. The molecule has 1 atom stereocenters. The van der Waals surface area contributed by atoms with Gasteiger partial charge in [-0.05, 0) is 55.9 Å². The molecule has 2 rings (SSSR count). The summed E-state index contributed by atoms with van der Waals surface area (Å²) in [5.74, 6) is -0.328. The van der Waals surface area contributed by atoms with Crippen molar-refractivity contribution in [2.24, 2.45) is 5.41 Å². The molecule has 36 heavy (non-hydrogen) atoms. The second-order valence-electron chi connectivity index (χ2n) is 9.42. The van der Waals surface area contributed by atoms with Gasteiger partial charge in [-0.15, -0.1) is 0 Å². The van der Waals surface area contributed by atoms with Crippen LogP contribution in [0.3, 0.4) is 0 Å². The maximum absolute atomic E-state index is 13.5. The second kappa shape index (κ2) is 13.9. The van der Waals surface area contributed by atoms with E-state index in [0.29, 0.717) is 17.9 Å². The second-order valence-corrected chi connectivity index (χ2v) is 9.96. The van der Waals surface area contributed by atoms with Crippen molar-refractivity contribution in [2.75, 3.05) is 13.6 Å².